The van der Waals surface area contributed by atoms with Crippen LogP contribution < -0.4 is 20.5 Å². The highest BCUT2D eigenvalue weighted by molar-refractivity contribution is 5.91. The lowest BCUT2D eigenvalue weighted by Crippen LogP contribution is -2.34. The SMILES string of the molecule is C=[N+](Nc1ccc(=O)c2cc(C(=O)[O-])c(C)n(C)c1-2)c1cccc[n+]1C. The molecule has 1 aliphatic carbocycles. The second-order valence-corrected chi connectivity index (χ2v) is 6.07. The van der Waals surface area contributed by atoms with Gasteiger partial charge in [-0.15, -0.1) is 4.57 Å². The highest BCUT2D eigenvalue weighted by atomic mass is 16.4. The van der Waals surface area contributed by atoms with Crippen LogP contribution in [0, 0.1) is 6.92 Å². The summed E-state index contributed by atoms with van der Waals surface area (Å²) in [6, 6.07) is 10.1. The maximum Gasteiger partial charge on any atom is 0.471 e. The number of benzene rings is 1. The monoisotopic (exact) mass is 351 g/mol. The highest BCUT2D eigenvalue weighted by Crippen LogP contribution is 2.29. The Labute approximate surface area is 150 Å². The van der Waals surface area contributed by atoms with Gasteiger partial charge in [-0.05, 0) is 35.9 Å². The van der Waals surface area contributed by atoms with Crippen LogP contribution in [0.1, 0.15) is 16.1 Å². The van der Waals surface area contributed by atoms with E-state index in [9.17, 15) is 14.7 Å². The first-order chi connectivity index (χ1) is 12.3. The van der Waals surface area contributed by atoms with E-state index in [4.69, 9.17) is 0 Å². The number of pyridine rings is 2. The van der Waals surface area contributed by atoms with Gasteiger partial charge < -0.3 is 14.5 Å². The molecule has 7 nitrogen and oxygen atoms in total. The summed E-state index contributed by atoms with van der Waals surface area (Å²) in [6.45, 7) is 5.67. The van der Waals surface area contributed by atoms with Gasteiger partial charge in [0.15, 0.2) is 18.3 Å². The number of aryl methyl sites for hydroxylation is 1. The summed E-state index contributed by atoms with van der Waals surface area (Å²) in [7, 11) is 3.61. The van der Waals surface area contributed by atoms with E-state index < -0.39 is 5.97 Å². The van der Waals surface area contributed by atoms with E-state index in [-0.39, 0.29) is 11.0 Å². The number of hydrogen-bond acceptors (Lipinski definition) is 4. The van der Waals surface area contributed by atoms with Crippen LogP contribution in [0.3, 0.4) is 0 Å². The molecule has 0 amide bonds. The smallest absolute Gasteiger partial charge is 0.471 e. The maximum absolute atomic E-state index is 12.3. The average Bonchev–Trinajstić information content (AvgIpc) is 2.60. The predicted molar refractivity (Wildman–Crippen MR) is 95.7 cm³/mol. The van der Waals surface area contributed by atoms with Crippen LogP contribution in [0.15, 0.2) is 47.4 Å². The zero-order valence-corrected chi connectivity index (χ0v) is 14.8. The minimum absolute atomic E-state index is 0.00445. The molecule has 0 fully saturated rings. The number of carbonyl (C=O) groups excluding carboxylic acids is 1. The second-order valence-electron chi connectivity index (χ2n) is 6.07. The number of nitrogens with zero attached hydrogens (tertiary/aromatic N) is 3. The van der Waals surface area contributed by atoms with Gasteiger partial charge in [-0.3, -0.25) is 4.79 Å². The summed E-state index contributed by atoms with van der Waals surface area (Å²) in [6.07, 6.45) is 1.89. The van der Waals surface area contributed by atoms with E-state index in [1.807, 2.05) is 36.0 Å². The number of carboxylic acid groups (broad SMARTS) is 1. The third kappa shape index (κ3) is 2.83. The van der Waals surface area contributed by atoms with Crippen molar-refractivity contribution in [1.82, 2.24) is 4.57 Å². The zero-order valence-electron chi connectivity index (χ0n) is 14.8. The van der Waals surface area contributed by atoms with E-state index in [1.54, 1.807) is 29.3 Å². The molecule has 1 aliphatic heterocycles. The normalized spacial score (nSPS) is 10.7. The van der Waals surface area contributed by atoms with Crippen LogP contribution in [0.2, 0.25) is 0 Å². The zero-order chi connectivity index (χ0) is 19.0. The van der Waals surface area contributed by atoms with Crippen molar-refractivity contribution in [3.8, 4) is 11.3 Å². The molecule has 1 aromatic heterocycles. The Morgan fingerprint density at radius 1 is 1.31 bits per heavy atom. The Balaban J connectivity index is 2.16. The molecule has 0 radical (unpaired) electrons. The molecule has 0 atom stereocenters. The minimum Gasteiger partial charge on any atom is -0.545 e. The summed E-state index contributed by atoms with van der Waals surface area (Å²) in [4.78, 5) is 23.6. The minimum atomic E-state index is -1.31. The topological polar surface area (TPSA) is 81.0 Å². The number of carbonyl (C=O) groups is 1. The fraction of sp³-hybridized carbons (Fsp3) is 0.158. The predicted octanol–water partition coefficient (Wildman–Crippen LogP) is 0.358. The molecular formula is C19H19N4O3+. The van der Waals surface area contributed by atoms with Crippen LogP contribution >= 0.6 is 0 Å². The standard InChI is InChI=1S/C19H19N4O3/c1-12-13(19(25)26)11-14-16(24)9-8-15(18(14)22(12)3)20-23(4)17-7-5-6-10-21(17)2/h5-11,20H,4H2,1-3H3/q+1. The largest absolute Gasteiger partial charge is 0.545 e. The van der Waals surface area contributed by atoms with Gasteiger partial charge in [-0.25, -0.2) is 0 Å². The number of rotatable bonds is 4. The Kier molecular flexibility index (Phi) is 4.29. The number of aromatic carboxylic acids is 1. The second kappa shape index (κ2) is 6.44. The summed E-state index contributed by atoms with van der Waals surface area (Å²) in [5.74, 6) is -0.509. The van der Waals surface area contributed by atoms with Crippen molar-refractivity contribution in [2.75, 3.05) is 5.43 Å². The molecule has 0 unspecified atom stereocenters. The van der Waals surface area contributed by atoms with Crippen molar-refractivity contribution >= 4 is 24.2 Å². The van der Waals surface area contributed by atoms with Crippen LogP contribution in [0.4, 0.5) is 11.5 Å². The summed E-state index contributed by atoms with van der Waals surface area (Å²) in [5, 5.41) is 11.4. The van der Waals surface area contributed by atoms with E-state index in [1.165, 1.54) is 12.1 Å². The molecule has 1 aromatic rings. The quantitative estimate of drug-likeness (QED) is 0.418. The average molecular weight is 351 g/mol. The maximum atomic E-state index is 12.3. The van der Waals surface area contributed by atoms with Crippen molar-refractivity contribution in [2.45, 2.75) is 6.92 Å². The summed E-state index contributed by atoms with van der Waals surface area (Å²) >= 11 is 0. The van der Waals surface area contributed by atoms with Crippen molar-refractivity contribution in [2.24, 2.45) is 14.1 Å². The van der Waals surface area contributed by atoms with Crippen molar-refractivity contribution < 1.29 is 19.2 Å². The number of fused-ring (bicyclic) bond motifs is 1. The Morgan fingerprint density at radius 3 is 2.69 bits per heavy atom. The fourth-order valence-electron chi connectivity index (χ4n) is 2.98. The van der Waals surface area contributed by atoms with Crippen LogP contribution in [-0.4, -0.2) is 21.9 Å². The molecule has 0 aromatic carbocycles. The summed E-state index contributed by atoms with van der Waals surface area (Å²) < 4.78 is 5.15. The fourth-order valence-corrected chi connectivity index (χ4v) is 2.98. The number of aromatic nitrogens is 2. The van der Waals surface area contributed by atoms with E-state index >= 15 is 0 Å². The third-order valence-electron chi connectivity index (χ3n) is 4.47. The third-order valence-corrected chi connectivity index (χ3v) is 4.47. The number of hydrazone groups is 1. The molecule has 2 heterocycles. The number of nitrogens with one attached hydrogen (secondary N) is 1. The molecule has 3 rings (SSSR count). The summed E-state index contributed by atoms with van der Waals surface area (Å²) in [5.41, 5.74) is 4.92. The molecule has 2 aliphatic rings. The lowest BCUT2D eigenvalue weighted by Gasteiger charge is -2.21. The van der Waals surface area contributed by atoms with Gasteiger partial charge in [0.05, 0.1) is 17.7 Å². The van der Waals surface area contributed by atoms with Gasteiger partial charge in [0.1, 0.15) is 12.7 Å². The number of hydrogen-bond donors (Lipinski definition) is 1. The first-order valence-electron chi connectivity index (χ1n) is 7.98. The Morgan fingerprint density at radius 2 is 2.04 bits per heavy atom. The van der Waals surface area contributed by atoms with Gasteiger partial charge in [0.25, 0.3) is 0 Å². The van der Waals surface area contributed by atoms with Crippen LogP contribution in [0.25, 0.3) is 11.3 Å². The van der Waals surface area contributed by atoms with Gasteiger partial charge in [-0.2, -0.15) is 5.43 Å². The molecule has 7 heteroatoms. The first-order valence-corrected chi connectivity index (χ1v) is 7.98. The molecule has 0 saturated carbocycles. The van der Waals surface area contributed by atoms with Crippen molar-refractivity contribution in [1.29, 1.82) is 0 Å². The number of carboxylic acids is 1. The first kappa shape index (κ1) is 17.3. The van der Waals surface area contributed by atoms with E-state index in [2.05, 4.69) is 12.1 Å². The molecule has 0 spiro atoms. The lowest BCUT2D eigenvalue weighted by molar-refractivity contribution is -0.716. The van der Waals surface area contributed by atoms with Gasteiger partial charge in [-0.1, -0.05) is 0 Å². The highest BCUT2D eigenvalue weighted by Gasteiger charge is 2.23. The number of hydrazine groups is 1. The van der Waals surface area contributed by atoms with Crippen LogP contribution in [-0.2, 0) is 14.1 Å². The Hall–Kier alpha value is -3.48. The van der Waals surface area contributed by atoms with E-state index in [0.717, 1.165) is 5.82 Å². The van der Waals surface area contributed by atoms with Gasteiger partial charge in [0.2, 0.25) is 0 Å². The molecular weight excluding hydrogens is 332 g/mol. The lowest BCUT2D eigenvalue weighted by atomic mass is 10.0. The van der Waals surface area contributed by atoms with Gasteiger partial charge >= 0.3 is 5.82 Å². The molecule has 1 N–H and O–H groups in total. The molecule has 132 valence electrons. The van der Waals surface area contributed by atoms with Crippen LogP contribution in [0.5, 0.6) is 0 Å². The molecule has 0 saturated heterocycles. The van der Waals surface area contributed by atoms with Crippen molar-refractivity contribution in [3.63, 3.8) is 0 Å². The Bertz CT molecular complexity index is 1070. The molecule has 26 heavy (non-hydrogen) atoms. The number of anilines is 1. The van der Waals surface area contributed by atoms with E-state index in [0.29, 0.717) is 22.6 Å². The molecule has 0 bridgehead atoms. The van der Waals surface area contributed by atoms with Gasteiger partial charge in [0, 0.05) is 29.9 Å². The van der Waals surface area contributed by atoms with Crippen molar-refractivity contribution in [3.05, 3.63) is 64.1 Å².